The van der Waals surface area contributed by atoms with Gasteiger partial charge in [-0.3, -0.25) is 4.68 Å². The van der Waals surface area contributed by atoms with E-state index >= 15 is 0 Å². The summed E-state index contributed by atoms with van der Waals surface area (Å²) in [5.74, 6) is 0. The first kappa shape index (κ1) is 9.21. The Bertz CT molecular complexity index is 434. The van der Waals surface area contributed by atoms with Crippen LogP contribution in [-0.4, -0.2) is 21.5 Å². The van der Waals surface area contributed by atoms with Crippen molar-refractivity contribution in [3.05, 3.63) is 30.0 Å². The zero-order valence-electron chi connectivity index (χ0n) is 8.27. The van der Waals surface area contributed by atoms with Gasteiger partial charge in [-0.05, 0) is 30.5 Å². The minimum Gasteiger partial charge on any atom is -0.396 e. The van der Waals surface area contributed by atoms with E-state index in [0.29, 0.717) is 0 Å². The molecule has 14 heavy (non-hydrogen) atoms. The van der Waals surface area contributed by atoms with Crippen molar-refractivity contribution in [2.75, 3.05) is 6.61 Å². The lowest BCUT2D eigenvalue weighted by atomic mass is 10.1. The molecular formula is C11H14N2O. The molecule has 0 spiro atoms. The molecule has 1 aromatic heterocycles. The fourth-order valence-corrected chi connectivity index (χ4v) is 1.65. The minimum atomic E-state index is 0.255. The summed E-state index contributed by atoms with van der Waals surface area (Å²) in [4.78, 5) is 0. The van der Waals surface area contributed by atoms with Crippen LogP contribution in [0.4, 0.5) is 0 Å². The van der Waals surface area contributed by atoms with E-state index in [1.54, 1.807) is 0 Å². The Morgan fingerprint density at radius 1 is 1.43 bits per heavy atom. The van der Waals surface area contributed by atoms with Crippen LogP contribution in [0.5, 0.6) is 0 Å². The van der Waals surface area contributed by atoms with Crippen molar-refractivity contribution in [1.29, 1.82) is 0 Å². The molecule has 2 rings (SSSR count). The largest absolute Gasteiger partial charge is 0.396 e. The van der Waals surface area contributed by atoms with Crippen LogP contribution in [0.25, 0.3) is 10.9 Å². The summed E-state index contributed by atoms with van der Waals surface area (Å²) in [6.45, 7) is 0.255. The zero-order chi connectivity index (χ0) is 9.97. The van der Waals surface area contributed by atoms with E-state index < -0.39 is 0 Å². The lowest BCUT2D eigenvalue weighted by Gasteiger charge is -2.00. The maximum atomic E-state index is 8.73. The van der Waals surface area contributed by atoms with Crippen LogP contribution in [0.2, 0.25) is 0 Å². The predicted octanol–water partition coefficient (Wildman–Crippen LogP) is 1.50. The maximum Gasteiger partial charge on any atom is 0.0679 e. The van der Waals surface area contributed by atoms with Gasteiger partial charge in [0.15, 0.2) is 0 Å². The summed E-state index contributed by atoms with van der Waals surface area (Å²) in [6.07, 6.45) is 3.63. The number of aromatic nitrogens is 2. The third-order valence-electron chi connectivity index (χ3n) is 2.43. The van der Waals surface area contributed by atoms with E-state index in [4.69, 9.17) is 5.11 Å². The number of aliphatic hydroxyl groups excluding tert-OH is 1. The highest BCUT2D eigenvalue weighted by Crippen LogP contribution is 2.15. The number of nitrogens with zero attached hydrogens (tertiary/aromatic N) is 2. The third-order valence-corrected chi connectivity index (χ3v) is 2.43. The average molecular weight is 190 g/mol. The van der Waals surface area contributed by atoms with E-state index in [2.05, 4.69) is 23.3 Å². The molecule has 0 atom stereocenters. The molecule has 0 bridgehead atoms. The van der Waals surface area contributed by atoms with Gasteiger partial charge in [0, 0.05) is 19.0 Å². The van der Waals surface area contributed by atoms with Crippen molar-refractivity contribution in [3.63, 3.8) is 0 Å². The normalized spacial score (nSPS) is 11.0. The molecule has 0 aliphatic rings. The highest BCUT2D eigenvalue weighted by Gasteiger charge is 2.00. The molecule has 0 amide bonds. The van der Waals surface area contributed by atoms with Gasteiger partial charge in [0.1, 0.15) is 0 Å². The van der Waals surface area contributed by atoms with E-state index in [-0.39, 0.29) is 6.61 Å². The number of aliphatic hydroxyl groups is 1. The topological polar surface area (TPSA) is 38.0 Å². The molecule has 0 fully saturated rings. The van der Waals surface area contributed by atoms with Crippen molar-refractivity contribution in [3.8, 4) is 0 Å². The monoisotopic (exact) mass is 190 g/mol. The zero-order valence-corrected chi connectivity index (χ0v) is 8.27. The second-order valence-corrected chi connectivity index (χ2v) is 3.49. The molecule has 0 saturated heterocycles. The highest BCUT2D eigenvalue weighted by atomic mass is 16.2. The quantitative estimate of drug-likeness (QED) is 0.796. The summed E-state index contributed by atoms with van der Waals surface area (Å²) in [5, 5.41) is 14.1. The SMILES string of the molecule is Cn1ncc2cc(CCCO)ccc21. The fourth-order valence-electron chi connectivity index (χ4n) is 1.65. The molecule has 0 unspecified atom stereocenters. The second-order valence-electron chi connectivity index (χ2n) is 3.49. The van der Waals surface area contributed by atoms with Crippen molar-refractivity contribution < 1.29 is 5.11 Å². The fraction of sp³-hybridized carbons (Fsp3) is 0.364. The van der Waals surface area contributed by atoms with Crippen molar-refractivity contribution in [2.45, 2.75) is 12.8 Å². The first-order valence-corrected chi connectivity index (χ1v) is 4.83. The summed E-state index contributed by atoms with van der Waals surface area (Å²) in [7, 11) is 1.94. The smallest absolute Gasteiger partial charge is 0.0679 e. The number of fused-ring (bicyclic) bond motifs is 1. The lowest BCUT2D eigenvalue weighted by molar-refractivity contribution is 0.288. The maximum absolute atomic E-state index is 8.73. The van der Waals surface area contributed by atoms with Crippen LogP contribution >= 0.6 is 0 Å². The molecule has 74 valence electrons. The molecule has 3 heteroatoms. The molecule has 1 heterocycles. The van der Waals surface area contributed by atoms with E-state index in [1.165, 1.54) is 10.9 Å². The number of rotatable bonds is 3. The lowest BCUT2D eigenvalue weighted by Crippen LogP contribution is -1.91. The first-order valence-electron chi connectivity index (χ1n) is 4.83. The van der Waals surface area contributed by atoms with Crippen LogP contribution in [0.3, 0.4) is 0 Å². The second kappa shape index (κ2) is 3.80. The molecule has 0 aliphatic carbocycles. The van der Waals surface area contributed by atoms with Gasteiger partial charge in [-0.2, -0.15) is 5.10 Å². The molecule has 3 nitrogen and oxygen atoms in total. The van der Waals surface area contributed by atoms with Crippen LogP contribution < -0.4 is 0 Å². The Kier molecular flexibility index (Phi) is 2.50. The minimum absolute atomic E-state index is 0.255. The van der Waals surface area contributed by atoms with Crippen molar-refractivity contribution >= 4 is 10.9 Å². The van der Waals surface area contributed by atoms with Crippen LogP contribution in [-0.2, 0) is 13.5 Å². The van der Waals surface area contributed by atoms with Gasteiger partial charge in [-0.15, -0.1) is 0 Å². The summed E-state index contributed by atoms with van der Waals surface area (Å²) < 4.78 is 1.87. The molecule has 0 radical (unpaired) electrons. The van der Waals surface area contributed by atoms with Gasteiger partial charge in [0.25, 0.3) is 0 Å². The number of hydrogen-bond donors (Lipinski definition) is 1. The number of aryl methyl sites for hydroxylation is 2. The van der Waals surface area contributed by atoms with E-state index in [9.17, 15) is 0 Å². The standard InChI is InChI=1S/C11H14N2O/c1-13-11-5-4-9(3-2-6-14)7-10(11)8-12-13/h4-5,7-8,14H,2-3,6H2,1H3. The Morgan fingerprint density at radius 3 is 3.07 bits per heavy atom. The highest BCUT2D eigenvalue weighted by molar-refractivity contribution is 5.79. The Balaban J connectivity index is 2.32. The van der Waals surface area contributed by atoms with Crippen molar-refractivity contribution in [1.82, 2.24) is 9.78 Å². The van der Waals surface area contributed by atoms with Crippen LogP contribution in [0.15, 0.2) is 24.4 Å². The molecule has 1 aromatic carbocycles. The van der Waals surface area contributed by atoms with Gasteiger partial charge in [-0.1, -0.05) is 6.07 Å². The Hall–Kier alpha value is -1.35. The van der Waals surface area contributed by atoms with Crippen molar-refractivity contribution in [2.24, 2.45) is 7.05 Å². The summed E-state index contributed by atoms with van der Waals surface area (Å²) in [5.41, 5.74) is 2.41. The summed E-state index contributed by atoms with van der Waals surface area (Å²) >= 11 is 0. The average Bonchev–Trinajstić information content (AvgIpc) is 2.57. The van der Waals surface area contributed by atoms with Gasteiger partial charge in [0.2, 0.25) is 0 Å². The van der Waals surface area contributed by atoms with Crippen LogP contribution in [0, 0.1) is 0 Å². The molecular weight excluding hydrogens is 176 g/mol. The van der Waals surface area contributed by atoms with Crippen LogP contribution in [0.1, 0.15) is 12.0 Å². The number of benzene rings is 1. The van der Waals surface area contributed by atoms with Gasteiger partial charge >= 0.3 is 0 Å². The predicted molar refractivity (Wildman–Crippen MR) is 56.1 cm³/mol. The Labute approximate surface area is 83.0 Å². The van der Waals surface area contributed by atoms with Gasteiger partial charge < -0.3 is 5.11 Å². The molecule has 2 aromatic rings. The Morgan fingerprint density at radius 2 is 2.29 bits per heavy atom. The van der Waals surface area contributed by atoms with Gasteiger partial charge in [-0.25, -0.2) is 0 Å². The van der Waals surface area contributed by atoms with E-state index in [0.717, 1.165) is 18.4 Å². The first-order chi connectivity index (χ1) is 6.81. The molecule has 1 N–H and O–H groups in total. The van der Waals surface area contributed by atoms with Gasteiger partial charge in [0.05, 0.1) is 11.7 Å². The van der Waals surface area contributed by atoms with E-state index in [1.807, 2.05) is 17.9 Å². The molecule has 0 aliphatic heterocycles. The third kappa shape index (κ3) is 1.63. The number of hydrogen-bond acceptors (Lipinski definition) is 2. The molecule has 0 saturated carbocycles. The summed E-state index contributed by atoms with van der Waals surface area (Å²) in [6, 6.07) is 6.31.